The largest absolute Gasteiger partial charge is 0.356 e. The third kappa shape index (κ3) is 4.37. The lowest BCUT2D eigenvalue weighted by molar-refractivity contribution is 0.745. The highest BCUT2D eigenvalue weighted by atomic mass is 35.5. The van der Waals surface area contributed by atoms with Crippen LogP contribution in [0.15, 0.2) is 35.4 Å². The van der Waals surface area contributed by atoms with E-state index in [-0.39, 0.29) is 5.56 Å². The zero-order chi connectivity index (χ0) is 13.5. The third-order valence-electron chi connectivity index (χ3n) is 2.64. The zero-order valence-corrected chi connectivity index (χ0v) is 11.2. The summed E-state index contributed by atoms with van der Waals surface area (Å²) in [5.74, 6) is 0.503. The van der Waals surface area contributed by atoms with Gasteiger partial charge in [-0.25, -0.2) is 4.98 Å². The van der Waals surface area contributed by atoms with Gasteiger partial charge in [0.1, 0.15) is 0 Å². The fraction of sp³-hybridized carbons (Fsp3) is 0.308. The molecule has 2 N–H and O–H groups in total. The number of H-pyrrole nitrogens is 1. The predicted octanol–water partition coefficient (Wildman–Crippen LogP) is 2.25. The van der Waals surface area contributed by atoms with Gasteiger partial charge in [0, 0.05) is 25.0 Å². The number of aromatic nitrogens is 3. The van der Waals surface area contributed by atoms with Crippen molar-refractivity contribution in [1.29, 1.82) is 0 Å². The van der Waals surface area contributed by atoms with Gasteiger partial charge in [-0.05, 0) is 31.4 Å². The molecule has 0 aromatic carbocycles. The van der Waals surface area contributed by atoms with E-state index in [9.17, 15) is 4.79 Å². The molecule has 0 fully saturated rings. The SMILES string of the molecule is O=c1ccnc(NCCCCc2ncccc2Cl)[nH]1. The minimum atomic E-state index is -0.155. The molecule has 0 spiro atoms. The first-order valence-corrected chi connectivity index (χ1v) is 6.52. The number of pyridine rings is 1. The number of nitrogens with one attached hydrogen (secondary N) is 2. The van der Waals surface area contributed by atoms with E-state index in [0.717, 1.165) is 31.5 Å². The van der Waals surface area contributed by atoms with Crippen LogP contribution in [0.25, 0.3) is 0 Å². The minimum Gasteiger partial charge on any atom is -0.356 e. The molecule has 0 amide bonds. The number of aryl methyl sites for hydroxylation is 1. The Morgan fingerprint density at radius 2 is 2.11 bits per heavy atom. The molecule has 5 nitrogen and oxygen atoms in total. The van der Waals surface area contributed by atoms with Crippen LogP contribution in [-0.2, 0) is 6.42 Å². The molecule has 0 saturated carbocycles. The molecule has 0 aliphatic rings. The molecule has 2 aromatic rings. The smallest absolute Gasteiger partial charge is 0.252 e. The van der Waals surface area contributed by atoms with E-state index in [1.807, 2.05) is 12.1 Å². The van der Waals surface area contributed by atoms with Crippen molar-refractivity contribution in [3.8, 4) is 0 Å². The normalized spacial score (nSPS) is 10.4. The maximum Gasteiger partial charge on any atom is 0.252 e. The Hall–Kier alpha value is -1.88. The molecule has 100 valence electrons. The monoisotopic (exact) mass is 278 g/mol. The standard InChI is InChI=1S/C13H15ClN4O/c14-10-4-3-8-15-11(10)5-1-2-7-16-13-17-9-6-12(19)18-13/h3-4,6,8-9H,1-2,5,7H2,(H2,16,17,18,19). The third-order valence-corrected chi connectivity index (χ3v) is 2.98. The Bertz CT molecular complexity index is 585. The van der Waals surface area contributed by atoms with Crippen LogP contribution in [0.2, 0.25) is 5.02 Å². The summed E-state index contributed by atoms with van der Waals surface area (Å²) in [6.45, 7) is 0.747. The highest BCUT2D eigenvalue weighted by molar-refractivity contribution is 6.31. The first-order valence-electron chi connectivity index (χ1n) is 6.14. The van der Waals surface area contributed by atoms with Crippen LogP contribution in [0.4, 0.5) is 5.95 Å². The maximum absolute atomic E-state index is 11.0. The molecule has 0 atom stereocenters. The van der Waals surface area contributed by atoms with Gasteiger partial charge in [-0.3, -0.25) is 14.8 Å². The number of rotatable bonds is 6. The Kier molecular flexibility index (Phi) is 4.92. The van der Waals surface area contributed by atoms with Crippen LogP contribution in [0.3, 0.4) is 0 Å². The van der Waals surface area contributed by atoms with Crippen LogP contribution >= 0.6 is 11.6 Å². The zero-order valence-electron chi connectivity index (χ0n) is 10.4. The Morgan fingerprint density at radius 3 is 2.89 bits per heavy atom. The Balaban J connectivity index is 1.70. The molecule has 2 aromatic heterocycles. The first-order chi connectivity index (χ1) is 9.25. The van der Waals surface area contributed by atoms with Crippen molar-refractivity contribution in [3.05, 3.63) is 51.7 Å². The van der Waals surface area contributed by atoms with E-state index in [1.165, 1.54) is 12.3 Å². The predicted molar refractivity (Wildman–Crippen MR) is 75.5 cm³/mol. The van der Waals surface area contributed by atoms with Gasteiger partial charge in [0.15, 0.2) is 0 Å². The minimum absolute atomic E-state index is 0.155. The number of anilines is 1. The number of unbranched alkanes of at least 4 members (excludes halogenated alkanes) is 1. The van der Waals surface area contributed by atoms with Crippen LogP contribution in [0.5, 0.6) is 0 Å². The van der Waals surface area contributed by atoms with Crippen molar-refractivity contribution in [2.24, 2.45) is 0 Å². The lowest BCUT2D eigenvalue weighted by Gasteiger charge is -2.05. The van der Waals surface area contributed by atoms with E-state index < -0.39 is 0 Å². The number of hydrogen-bond acceptors (Lipinski definition) is 4. The van der Waals surface area contributed by atoms with Crippen LogP contribution in [0, 0.1) is 0 Å². The van der Waals surface area contributed by atoms with Crippen molar-refractivity contribution in [2.45, 2.75) is 19.3 Å². The van der Waals surface area contributed by atoms with Gasteiger partial charge in [-0.15, -0.1) is 0 Å². The summed E-state index contributed by atoms with van der Waals surface area (Å²) >= 11 is 6.02. The van der Waals surface area contributed by atoms with Crippen molar-refractivity contribution < 1.29 is 0 Å². The quantitative estimate of drug-likeness (QED) is 0.795. The number of halogens is 1. The van der Waals surface area contributed by atoms with Crippen LogP contribution in [-0.4, -0.2) is 21.5 Å². The molecular formula is C13H15ClN4O. The number of hydrogen-bond donors (Lipinski definition) is 2. The van der Waals surface area contributed by atoms with Crippen molar-refractivity contribution in [1.82, 2.24) is 15.0 Å². The Labute approximate surface area is 116 Å². The van der Waals surface area contributed by atoms with Crippen LogP contribution in [0.1, 0.15) is 18.5 Å². The summed E-state index contributed by atoms with van der Waals surface area (Å²) in [7, 11) is 0. The summed E-state index contributed by atoms with van der Waals surface area (Å²) < 4.78 is 0. The highest BCUT2D eigenvalue weighted by Crippen LogP contribution is 2.14. The van der Waals surface area contributed by atoms with E-state index in [1.54, 1.807) is 6.20 Å². The fourth-order valence-corrected chi connectivity index (χ4v) is 1.90. The number of nitrogens with zero attached hydrogens (tertiary/aromatic N) is 2. The molecule has 0 aliphatic heterocycles. The highest BCUT2D eigenvalue weighted by Gasteiger charge is 2.00. The molecule has 0 bridgehead atoms. The van der Waals surface area contributed by atoms with Gasteiger partial charge in [0.2, 0.25) is 5.95 Å². The van der Waals surface area contributed by atoms with Gasteiger partial charge < -0.3 is 5.32 Å². The molecule has 19 heavy (non-hydrogen) atoms. The van der Waals surface area contributed by atoms with Crippen molar-refractivity contribution in [2.75, 3.05) is 11.9 Å². The van der Waals surface area contributed by atoms with Gasteiger partial charge in [-0.1, -0.05) is 11.6 Å². The molecule has 2 heterocycles. The summed E-state index contributed by atoms with van der Waals surface area (Å²) in [4.78, 5) is 21.9. The van der Waals surface area contributed by atoms with Crippen molar-refractivity contribution in [3.63, 3.8) is 0 Å². The summed E-state index contributed by atoms with van der Waals surface area (Å²) in [5.41, 5.74) is 0.771. The summed E-state index contributed by atoms with van der Waals surface area (Å²) in [5, 5.41) is 3.78. The Morgan fingerprint density at radius 1 is 1.21 bits per heavy atom. The second-order valence-corrected chi connectivity index (χ2v) is 4.51. The second-order valence-electron chi connectivity index (χ2n) is 4.10. The molecule has 0 saturated heterocycles. The second kappa shape index (κ2) is 6.89. The molecule has 0 radical (unpaired) electrons. The van der Waals surface area contributed by atoms with E-state index in [2.05, 4.69) is 20.3 Å². The van der Waals surface area contributed by atoms with E-state index in [0.29, 0.717) is 11.0 Å². The molecule has 0 unspecified atom stereocenters. The van der Waals surface area contributed by atoms with E-state index in [4.69, 9.17) is 11.6 Å². The van der Waals surface area contributed by atoms with Gasteiger partial charge in [0.25, 0.3) is 5.56 Å². The fourth-order valence-electron chi connectivity index (χ4n) is 1.69. The molecular weight excluding hydrogens is 264 g/mol. The first kappa shape index (κ1) is 13.5. The van der Waals surface area contributed by atoms with Gasteiger partial charge in [0.05, 0.1) is 10.7 Å². The summed E-state index contributed by atoms with van der Waals surface area (Å²) in [6, 6.07) is 5.06. The maximum atomic E-state index is 11.0. The van der Waals surface area contributed by atoms with Gasteiger partial charge in [-0.2, -0.15) is 0 Å². The topological polar surface area (TPSA) is 70.7 Å². The molecule has 2 rings (SSSR count). The number of aromatic amines is 1. The summed E-state index contributed by atoms with van der Waals surface area (Å²) in [6.07, 6.45) is 6.00. The van der Waals surface area contributed by atoms with Gasteiger partial charge >= 0.3 is 0 Å². The lowest BCUT2D eigenvalue weighted by Crippen LogP contribution is -2.12. The molecule has 0 aliphatic carbocycles. The van der Waals surface area contributed by atoms with Crippen molar-refractivity contribution >= 4 is 17.5 Å². The van der Waals surface area contributed by atoms with Crippen LogP contribution < -0.4 is 10.9 Å². The lowest BCUT2D eigenvalue weighted by atomic mass is 10.2. The average molecular weight is 279 g/mol. The van der Waals surface area contributed by atoms with E-state index >= 15 is 0 Å². The molecule has 6 heteroatoms. The average Bonchev–Trinajstić information content (AvgIpc) is 2.40.